The van der Waals surface area contributed by atoms with Crippen LogP contribution in [0.3, 0.4) is 0 Å². The summed E-state index contributed by atoms with van der Waals surface area (Å²) in [6, 6.07) is 9.17. The fourth-order valence-electron chi connectivity index (χ4n) is 4.91. The molecule has 2 aliphatic carbocycles. The number of carbonyl (C=O) groups excluding carboxylic acids is 2. The minimum atomic E-state index is -0.394. The van der Waals surface area contributed by atoms with Crippen LogP contribution in [0.15, 0.2) is 35.8 Å². The van der Waals surface area contributed by atoms with E-state index in [1.165, 1.54) is 17.8 Å². The summed E-state index contributed by atoms with van der Waals surface area (Å²) < 4.78 is 0. The van der Waals surface area contributed by atoms with Gasteiger partial charge in [-0.05, 0) is 50.2 Å². The van der Waals surface area contributed by atoms with E-state index in [9.17, 15) is 9.59 Å². The van der Waals surface area contributed by atoms with E-state index in [4.69, 9.17) is 0 Å². The lowest BCUT2D eigenvalue weighted by Gasteiger charge is -2.33. The first-order chi connectivity index (χ1) is 13.7. The summed E-state index contributed by atoms with van der Waals surface area (Å²) >= 11 is 1.49. The van der Waals surface area contributed by atoms with E-state index in [-0.39, 0.29) is 17.9 Å². The van der Waals surface area contributed by atoms with Crippen molar-refractivity contribution in [2.45, 2.75) is 62.9 Å². The van der Waals surface area contributed by atoms with Crippen LogP contribution in [0, 0.1) is 5.92 Å². The maximum Gasteiger partial charge on any atom is 0.254 e. The quantitative estimate of drug-likeness (QED) is 0.833. The molecule has 0 bridgehead atoms. The number of thiazole rings is 1. The van der Waals surface area contributed by atoms with Gasteiger partial charge in [-0.1, -0.05) is 31.0 Å². The van der Waals surface area contributed by atoms with E-state index < -0.39 is 6.04 Å². The number of benzene rings is 1. The van der Waals surface area contributed by atoms with Gasteiger partial charge in [0.2, 0.25) is 5.91 Å². The Bertz CT molecular complexity index is 877. The molecule has 3 aliphatic rings. The minimum absolute atomic E-state index is 0.0122. The molecule has 1 aliphatic heterocycles. The number of fused-ring (bicyclic) bond motifs is 1. The van der Waals surface area contributed by atoms with Crippen LogP contribution in [0.1, 0.15) is 66.9 Å². The monoisotopic (exact) mass is 395 g/mol. The van der Waals surface area contributed by atoms with Crippen LogP contribution in [0.2, 0.25) is 0 Å². The predicted molar refractivity (Wildman–Crippen MR) is 109 cm³/mol. The molecule has 1 aromatic carbocycles. The van der Waals surface area contributed by atoms with Gasteiger partial charge in [-0.25, -0.2) is 4.98 Å². The van der Waals surface area contributed by atoms with Crippen molar-refractivity contribution in [1.29, 1.82) is 0 Å². The molecule has 2 saturated carbocycles. The van der Waals surface area contributed by atoms with Crippen LogP contribution in [0.5, 0.6) is 0 Å². The van der Waals surface area contributed by atoms with Gasteiger partial charge in [0.05, 0.1) is 11.2 Å². The van der Waals surface area contributed by atoms with Gasteiger partial charge < -0.3 is 10.2 Å². The van der Waals surface area contributed by atoms with Crippen molar-refractivity contribution in [3.63, 3.8) is 0 Å². The minimum Gasteiger partial charge on any atom is -0.323 e. The molecule has 2 aromatic rings. The summed E-state index contributed by atoms with van der Waals surface area (Å²) in [5.41, 5.74) is 3.50. The van der Waals surface area contributed by atoms with Crippen molar-refractivity contribution in [1.82, 2.24) is 9.88 Å². The van der Waals surface area contributed by atoms with Crippen LogP contribution in [-0.4, -0.2) is 33.8 Å². The van der Waals surface area contributed by atoms with Gasteiger partial charge in [-0.3, -0.25) is 9.59 Å². The van der Waals surface area contributed by atoms with Crippen molar-refractivity contribution >= 4 is 28.2 Å². The molecule has 6 heteroatoms. The Labute approximate surface area is 169 Å². The topological polar surface area (TPSA) is 62.3 Å². The van der Waals surface area contributed by atoms with Crippen molar-refractivity contribution < 1.29 is 9.59 Å². The second-order valence-electron chi connectivity index (χ2n) is 8.27. The maximum absolute atomic E-state index is 13.3. The number of anilines is 1. The molecular formula is C22H25N3O2S. The van der Waals surface area contributed by atoms with Crippen LogP contribution in [0.25, 0.3) is 0 Å². The highest BCUT2D eigenvalue weighted by Gasteiger charge is 2.47. The lowest BCUT2D eigenvalue weighted by Crippen LogP contribution is -2.47. The highest BCUT2D eigenvalue weighted by molar-refractivity contribution is 7.14. The molecule has 0 spiro atoms. The number of rotatable bonds is 4. The number of amides is 2. The number of nitrogens with one attached hydrogen (secondary N) is 1. The molecule has 1 N–H and O–H groups in total. The summed E-state index contributed by atoms with van der Waals surface area (Å²) in [5.74, 6) is 0.864. The van der Waals surface area contributed by atoms with Gasteiger partial charge in [-0.15, -0.1) is 11.3 Å². The number of hydrogen-bond donors (Lipinski definition) is 1. The van der Waals surface area contributed by atoms with Gasteiger partial charge in [0.25, 0.3) is 5.91 Å². The normalized spacial score (nSPS) is 26.7. The van der Waals surface area contributed by atoms with Crippen molar-refractivity contribution in [3.8, 4) is 0 Å². The number of nitrogens with zero attached hydrogens (tertiary/aromatic N) is 2. The van der Waals surface area contributed by atoms with E-state index in [2.05, 4.69) is 10.3 Å². The summed E-state index contributed by atoms with van der Waals surface area (Å²) in [4.78, 5) is 33.0. The molecule has 28 heavy (non-hydrogen) atoms. The molecule has 0 radical (unpaired) electrons. The zero-order valence-electron chi connectivity index (χ0n) is 15.8. The smallest absolute Gasteiger partial charge is 0.254 e. The number of likely N-dealkylation sites (tertiary alicyclic amines) is 1. The van der Waals surface area contributed by atoms with Gasteiger partial charge in [0.1, 0.15) is 11.0 Å². The predicted octanol–water partition coefficient (Wildman–Crippen LogP) is 4.43. The molecule has 5 nitrogen and oxygen atoms in total. The molecule has 1 saturated heterocycles. The number of hydrogen-bond acceptors (Lipinski definition) is 4. The Morgan fingerprint density at radius 1 is 1.07 bits per heavy atom. The van der Waals surface area contributed by atoms with Gasteiger partial charge in [-0.2, -0.15) is 0 Å². The van der Waals surface area contributed by atoms with Crippen LogP contribution in [0.4, 0.5) is 5.00 Å². The zero-order chi connectivity index (χ0) is 19.1. The van der Waals surface area contributed by atoms with Crippen molar-refractivity contribution in [2.75, 3.05) is 5.32 Å². The molecule has 1 aromatic heterocycles. The maximum atomic E-state index is 13.3. The summed E-state index contributed by atoms with van der Waals surface area (Å²) in [6.07, 6.45) is 7.52. The summed E-state index contributed by atoms with van der Waals surface area (Å²) in [7, 11) is 0. The first-order valence-electron chi connectivity index (χ1n) is 10.3. The third-order valence-corrected chi connectivity index (χ3v) is 7.20. The van der Waals surface area contributed by atoms with Gasteiger partial charge in [0, 0.05) is 17.5 Å². The fourth-order valence-corrected chi connectivity index (χ4v) is 5.68. The fraction of sp³-hybridized carbons (Fsp3) is 0.500. The van der Waals surface area contributed by atoms with Crippen molar-refractivity contribution in [3.05, 3.63) is 47.1 Å². The van der Waals surface area contributed by atoms with Gasteiger partial charge in [0.15, 0.2) is 0 Å². The van der Waals surface area contributed by atoms with Gasteiger partial charge >= 0.3 is 0 Å². The second-order valence-corrected chi connectivity index (χ2v) is 9.13. The Balaban J connectivity index is 1.41. The Morgan fingerprint density at radius 3 is 2.64 bits per heavy atom. The third-order valence-electron chi connectivity index (χ3n) is 6.44. The molecule has 2 heterocycles. The largest absolute Gasteiger partial charge is 0.323 e. The average Bonchev–Trinajstić information content (AvgIpc) is 3.34. The van der Waals surface area contributed by atoms with E-state index in [0.717, 1.165) is 49.2 Å². The van der Waals surface area contributed by atoms with E-state index in [1.807, 2.05) is 40.7 Å². The Kier molecular flexibility index (Phi) is 4.67. The summed E-state index contributed by atoms with van der Waals surface area (Å²) in [5, 5.41) is 3.99. The van der Waals surface area contributed by atoms with Crippen LogP contribution >= 0.6 is 11.3 Å². The molecule has 3 atom stereocenters. The zero-order valence-corrected chi connectivity index (χ0v) is 16.7. The number of carbonyl (C=O) groups is 2. The Morgan fingerprint density at radius 2 is 1.86 bits per heavy atom. The summed E-state index contributed by atoms with van der Waals surface area (Å²) in [6.45, 7) is 0. The average molecular weight is 396 g/mol. The lowest BCUT2D eigenvalue weighted by molar-refractivity contribution is -0.120. The molecule has 0 unspecified atom stereocenters. The standard InChI is InChI=1S/C22H25N3O2S/c26-20(24-21-19(14-10-11-14)23-13-28-21)18-12-16-8-4-5-9-17(16)25(18)22(27)15-6-2-1-3-7-15/h1-3,6-7,13-14,16-18H,4-5,8-12H2,(H,24,26)/t16-,17+,18+/m1/s1. The molecule has 3 fully saturated rings. The SMILES string of the molecule is O=C(Nc1scnc1C1CC1)[C@@H]1C[C@H]2CCCC[C@@H]2N1C(=O)c1ccccc1. The second kappa shape index (κ2) is 7.32. The van der Waals surface area contributed by atoms with Crippen molar-refractivity contribution in [2.24, 2.45) is 5.92 Å². The highest BCUT2D eigenvalue weighted by atomic mass is 32.1. The Hall–Kier alpha value is -2.21. The van der Waals surface area contributed by atoms with E-state index >= 15 is 0 Å². The molecule has 146 valence electrons. The lowest BCUT2D eigenvalue weighted by atomic mass is 9.84. The number of aromatic nitrogens is 1. The first kappa shape index (κ1) is 17.9. The molecular weight excluding hydrogens is 370 g/mol. The first-order valence-corrected chi connectivity index (χ1v) is 11.2. The van der Waals surface area contributed by atoms with Crippen LogP contribution in [-0.2, 0) is 4.79 Å². The highest BCUT2D eigenvalue weighted by Crippen LogP contribution is 2.45. The van der Waals surface area contributed by atoms with E-state index in [0.29, 0.717) is 17.4 Å². The van der Waals surface area contributed by atoms with E-state index in [1.54, 1.807) is 0 Å². The van der Waals surface area contributed by atoms with Crippen LogP contribution < -0.4 is 5.32 Å². The third kappa shape index (κ3) is 3.24. The molecule has 2 amide bonds. The molecule has 5 rings (SSSR count).